The van der Waals surface area contributed by atoms with E-state index < -0.39 is 23.6 Å². The molecule has 5 aromatic rings. The lowest BCUT2D eigenvalue weighted by molar-refractivity contribution is -0.123. The van der Waals surface area contributed by atoms with E-state index in [-0.39, 0.29) is 23.9 Å². The zero-order valence-corrected chi connectivity index (χ0v) is 25.0. The van der Waals surface area contributed by atoms with Gasteiger partial charge in [-0.05, 0) is 48.2 Å². The van der Waals surface area contributed by atoms with Crippen LogP contribution in [0.25, 0.3) is 22.4 Å². The number of fused-ring (bicyclic) bond motifs is 1. The number of pyridine rings is 1. The molecule has 5 rings (SSSR count). The lowest BCUT2D eigenvalue weighted by Gasteiger charge is -2.22. The first-order chi connectivity index (χ1) is 20.9. The minimum Gasteiger partial charge on any atom is -0.434 e. The predicted molar refractivity (Wildman–Crippen MR) is 168 cm³/mol. The molecule has 2 N–H and O–H groups in total. The Kier molecular flexibility index (Phi) is 10.8. The summed E-state index contributed by atoms with van der Waals surface area (Å²) in [5.74, 6) is -1.58. The van der Waals surface area contributed by atoms with Crippen molar-refractivity contribution in [2.75, 3.05) is 6.54 Å². The minimum atomic E-state index is -0.919. The molecule has 8 nitrogen and oxygen atoms in total. The van der Waals surface area contributed by atoms with Gasteiger partial charge in [0, 0.05) is 16.8 Å². The number of oxazole rings is 1. The van der Waals surface area contributed by atoms with Gasteiger partial charge in [0.1, 0.15) is 11.6 Å². The molecule has 0 spiro atoms. The van der Waals surface area contributed by atoms with Crippen molar-refractivity contribution >= 4 is 40.3 Å². The van der Waals surface area contributed by atoms with E-state index in [1.54, 1.807) is 42.5 Å². The summed E-state index contributed by atoms with van der Waals surface area (Å²) in [7, 11) is 0. The molecular weight excluding hydrogens is 564 g/mol. The summed E-state index contributed by atoms with van der Waals surface area (Å²) < 4.78 is 5.52. The van der Waals surface area contributed by atoms with Gasteiger partial charge in [0.15, 0.2) is 5.58 Å². The number of halogens is 1. The number of hydrogen-bond acceptors (Lipinski definition) is 6. The highest BCUT2D eigenvalue weighted by atomic mass is 35.5. The van der Waals surface area contributed by atoms with Crippen LogP contribution in [0.4, 0.5) is 0 Å². The summed E-state index contributed by atoms with van der Waals surface area (Å²) in [6.45, 7) is 5.65. The van der Waals surface area contributed by atoms with Crippen molar-refractivity contribution in [3.05, 3.63) is 119 Å². The average Bonchev–Trinajstić information content (AvgIpc) is 3.49. The van der Waals surface area contributed by atoms with E-state index in [0.717, 1.165) is 11.1 Å². The van der Waals surface area contributed by atoms with Gasteiger partial charge in [-0.15, -0.1) is 0 Å². The molecule has 0 fully saturated rings. The first-order valence-corrected chi connectivity index (χ1v) is 14.5. The average molecular weight is 597 g/mol. The largest absolute Gasteiger partial charge is 0.434 e. The Balaban J connectivity index is 0.00000207. The van der Waals surface area contributed by atoms with Gasteiger partial charge < -0.3 is 15.1 Å². The highest BCUT2D eigenvalue weighted by molar-refractivity contribution is 6.33. The van der Waals surface area contributed by atoms with E-state index in [1.807, 2.05) is 69.3 Å². The standard InChI is InChI=1S/C32H27ClN4O4.C2H6/c1-20(21-9-3-2-4-10-21)17-27(31(40)35-19-28(38)32-37-26-13-7-8-14-29(26)41-32)36-30(39)22-15-16-25(34-18-22)23-11-5-6-12-24(23)33;1-2/h2-16,18,20,27H,17,19H2,1H3,(H,35,40)(H,36,39);1-2H3. The molecule has 220 valence electrons. The van der Waals surface area contributed by atoms with Crippen LogP contribution in [0.1, 0.15) is 59.7 Å². The number of nitrogens with zero attached hydrogens (tertiary/aromatic N) is 2. The molecule has 0 bridgehead atoms. The second-order valence-electron chi connectivity index (χ2n) is 9.61. The minimum absolute atomic E-state index is 0.0549. The van der Waals surface area contributed by atoms with Crippen molar-refractivity contribution < 1.29 is 18.8 Å². The maximum absolute atomic E-state index is 13.3. The van der Waals surface area contributed by atoms with E-state index >= 15 is 0 Å². The number of Topliss-reactive ketones (excluding diaryl/α,β-unsaturated/α-hetero) is 1. The van der Waals surface area contributed by atoms with Crippen LogP contribution < -0.4 is 10.6 Å². The Morgan fingerprint density at radius 3 is 2.28 bits per heavy atom. The molecule has 0 aliphatic carbocycles. The van der Waals surface area contributed by atoms with E-state index in [2.05, 4.69) is 20.6 Å². The van der Waals surface area contributed by atoms with Crippen molar-refractivity contribution in [3.63, 3.8) is 0 Å². The molecule has 0 aliphatic rings. The zero-order chi connectivity index (χ0) is 30.8. The van der Waals surface area contributed by atoms with Gasteiger partial charge in [-0.3, -0.25) is 19.4 Å². The number of aromatic nitrogens is 2. The third-order valence-electron chi connectivity index (χ3n) is 6.71. The van der Waals surface area contributed by atoms with Crippen molar-refractivity contribution in [2.24, 2.45) is 0 Å². The van der Waals surface area contributed by atoms with Gasteiger partial charge in [-0.2, -0.15) is 0 Å². The molecule has 2 amide bonds. The van der Waals surface area contributed by atoms with E-state index in [0.29, 0.717) is 28.2 Å². The first kappa shape index (κ1) is 31.1. The molecule has 0 radical (unpaired) electrons. The SMILES string of the molecule is CC.CC(CC(NC(=O)c1ccc(-c2ccccc2Cl)nc1)C(=O)NCC(=O)c1nc2ccccc2o1)c1ccccc1. The Labute approximate surface area is 255 Å². The van der Waals surface area contributed by atoms with Crippen molar-refractivity contribution in [3.8, 4) is 11.3 Å². The number of para-hydroxylation sites is 2. The summed E-state index contributed by atoms with van der Waals surface area (Å²) in [5, 5.41) is 6.02. The number of rotatable bonds is 10. The molecule has 2 atom stereocenters. The fraction of sp³-hybridized carbons (Fsp3) is 0.206. The summed E-state index contributed by atoms with van der Waals surface area (Å²) >= 11 is 6.28. The quantitative estimate of drug-likeness (QED) is 0.170. The third-order valence-corrected chi connectivity index (χ3v) is 7.04. The molecule has 2 aromatic heterocycles. The first-order valence-electron chi connectivity index (χ1n) is 14.1. The summed E-state index contributed by atoms with van der Waals surface area (Å²) in [6, 6.07) is 26.4. The van der Waals surface area contributed by atoms with Crippen molar-refractivity contribution in [1.82, 2.24) is 20.6 Å². The third kappa shape index (κ3) is 7.93. The Bertz CT molecular complexity index is 1650. The lowest BCUT2D eigenvalue weighted by Crippen LogP contribution is -2.48. The van der Waals surface area contributed by atoms with Gasteiger partial charge in [0.25, 0.3) is 11.8 Å². The second-order valence-corrected chi connectivity index (χ2v) is 10.0. The fourth-order valence-electron chi connectivity index (χ4n) is 4.46. The van der Waals surface area contributed by atoms with Crippen molar-refractivity contribution in [1.29, 1.82) is 0 Å². The number of hydrogen-bond donors (Lipinski definition) is 2. The molecule has 0 aliphatic heterocycles. The summed E-state index contributed by atoms with van der Waals surface area (Å²) in [5.41, 5.74) is 3.72. The number of benzene rings is 3. The lowest BCUT2D eigenvalue weighted by atomic mass is 9.93. The Morgan fingerprint density at radius 1 is 0.884 bits per heavy atom. The van der Waals surface area contributed by atoms with Crippen molar-refractivity contribution in [2.45, 2.75) is 39.2 Å². The molecule has 2 unspecified atom stereocenters. The molecule has 2 heterocycles. The molecule has 0 saturated carbocycles. The molecule has 43 heavy (non-hydrogen) atoms. The topological polar surface area (TPSA) is 114 Å². The smallest absolute Gasteiger partial charge is 0.266 e. The summed E-state index contributed by atoms with van der Waals surface area (Å²) in [4.78, 5) is 47.8. The maximum Gasteiger partial charge on any atom is 0.266 e. The fourth-order valence-corrected chi connectivity index (χ4v) is 4.69. The van der Waals surface area contributed by atoms with Crippen LogP contribution >= 0.6 is 11.6 Å². The molecule has 9 heteroatoms. The maximum atomic E-state index is 13.3. The number of carbonyl (C=O) groups excluding carboxylic acids is 3. The van der Waals surface area contributed by atoms with Gasteiger partial charge in [0.2, 0.25) is 11.7 Å². The number of amides is 2. The number of carbonyl (C=O) groups is 3. The van der Waals surface area contributed by atoms with Crippen LogP contribution in [-0.2, 0) is 4.79 Å². The number of ketones is 1. The van der Waals surface area contributed by atoms with Gasteiger partial charge in [0.05, 0.1) is 17.8 Å². The van der Waals surface area contributed by atoms with E-state index in [1.165, 1.54) is 6.20 Å². The molecule has 0 saturated heterocycles. The van der Waals surface area contributed by atoms with Crippen LogP contribution in [0.15, 0.2) is 102 Å². The molecular formula is C34H33ClN4O4. The highest BCUT2D eigenvalue weighted by Gasteiger charge is 2.26. The van der Waals surface area contributed by atoms with Crippen LogP contribution in [0.5, 0.6) is 0 Å². The molecule has 3 aromatic carbocycles. The van der Waals surface area contributed by atoms with Crippen LogP contribution in [0.2, 0.25) is 5.02 Å². The van der Waals surface area contributed by atoms with Gasteiger partial charge in [-0.25, -0.2) is 4.98 Å². The van der Waals surface area contributed by atoms with Gasteiger partial charge >= 0.3 is 0 Å². The highest BCUT2D eigenvalue weighted by Crippen LogP contribution is 2.26. The second kappa shape index (κ2) is 14.9. The number of nitrogens with one attached hydrogen (secondary N) is 2. The van der Waals surface area contributed by atoms with E-state index in [9.17, 15) is 14.4 Å². The predicted octanol–water partition coefficient (Wildman–Crippen LogP) is 6.86. The van der Waals surface area contributed by atoms with Crippen LogP contribution in [-0.4, -0.2) is 40.2 Å². The van der Waals surface area contributed by atoms with Gasteiger partial charge in [-0.1, -0.05) is 93.0 Å². The summed E-state index contributed by atoms with van der Waals surface area (Å²) in [6.07, 6.45) is 1.75. The van der Waals surface area contributed by atoms with Crippen LogP contribution in [0, 0.1) is 0 Å². The monoisotopic (exact) mass is 596 g/mol. The zero-order valence-electron chi connectivity index (χ0n) is 24.2. The Hall–Kier alpha value is -4.82. The van der Waals surface area contributed by atoms with Crippen LogP contribution in [0.3, 0.4) is 0 Å². The van der Waals surface area contributed by atoms with E-state index in [4.69, 9.17) is 16.0 Å². The normalized spacial score (nSPS) is 12.0. The Morgan fingerprint density at radius 2 is 1.58 bits per heavy atom.